The highest BCUT2D eigenvalue weighted by Crippen LogP contribution is 2.14. The van der Waals surface area contributed by atoms with Crippen LogP contribution >= 0.6 is 0 Å². The number of carbonyl (C=O) groups excluding carboxylic acids is 7. The van der Waals surface area contributed by atoms with Crippen LogP contribution in [0.15, 0.2) is 42.9 Å². The average molecular weight is 810 g/mol. The zero-order valence-corrected chi connectivity index (χ0v) is 33.9. The Hall–Kier alpha value is -5.81. The van der Waals surface area contributed by atoms with Gasteiger partial charge in [-0.25, -0.2) is 4.98 Å². The summed E-state index contributed by atoms with van der Waals surface area (Å²) in [5, 5.41) is 28.3. The van der Waals surface area contributed by atoms with Crippen molar-refractivity contribution in [3.63, 3.8) is 0 Å². The number of benzene rings is 1. The molecule has 18 nitrogen and oxygen atoms in total. The fourth-order valence-corrected chi connectivity index (χ4v) is 6.48. The number of nitrogens with zero attached hydrogens (tertiary/aromatic N) is 1. The van der Waals surface area contributed by atoms with Crippen molar-refractivity contribution in [2.24, 2.45) is 11.8 Å². The Kier molecular flexibility index (Phi) is 18.8. The fourth-order valence-electron chi connectivity index (χ4n) is 6.48. The number of nitrogens with one attached hydrogen (secondary N) is 8. The third kappa shape index (κ3) is 15.6. The van der Waals surface area contributed by atoms with Crippen LogP contribution in [0.3, 0.4) is 0 Å². The highest BCUT2D eigenvalue weighted by molar-refractivity contribution is 5.97. The number of imidazole rings is 1. The number of H-pyrrole nitrogens is 1. The van der Waals surface area contributed by atoms with E-state index in [-0.39, 0.29) is 37.5 Å². The monoisotopic (exact) mass is 809 g/mol. The number of hydrogen-bond acceptors (Lipinski definition) is 9. The van der Waals surface area contributed by atoms with Gasteiger partial charge in [-0.3, -0.25) is 38.4 Å². The Morgan fingerprint density at radius 1 is 0.810 bits per heavy atom. The Balaban J connectivity index is 1.85. The summed E-state index contributed by atoms with van der Waals surface area (Å²) in [5.41, 5.74) is 1.23. The average Bonchev–Trinajstić information content (AvgIpc) is 3.61. The van der Waals surface area contributed by atoms with Crippen molar-refractivity contribution in [2.75, 3.05) is 6.54 Å². The molecule has 1 aliphatic rings. The molecule has 318 valence electrons. The zero-order valence-electron chi connectivity index (χ0n) is 33.9. The van der Waals surface area contributed by atoms with E-state index in [0.29, 0.717) is 31.5 Å². The smallest absolute Gasteiger partial charge is 0.303 e. The summed E-state index contributed by atoms with van der Waals surface area (Å²) in [4.78, 5) is 112. The van der Waals surface area contributed by atoms with Crippen LogP contribution in [0.25, 0.3) is 0 Å². The van der Waals surface area contributed by atoms with Crippen molar-refractivity contribution in [2.45, 2.75) is 129 Å². The lowest BCUT2D eigenvalue weighted by Crippen LogP contribution is -2.61. The summed E-state index contributed by atoms with van der Waals surface area (Å²) in [6.45, 7) is 9.03. The van der Waals surface area contributed by atoms with Gasteiger partial charge in [0.05, 0.1) is 6.33 Å². The molecule has 0 spiro atoms. The lowest BCUT2D eigenvalue weighted by Gasteiger charge is -2.29. The fraction of sp³-hybridized carbons (Fsp3) is 0.575. The third-order valence-electron chi connectivity index (χ3n) is 9.85. The molecule has 7 amide bonds. The van der Waals surface area contributed by atoms with E-state index < -0.39 is 90.0 Å². The minimum atomic E-state index is -1.45. The van der Waals surface area contributed by atoms with E-state index in [4.69, 9.17) is 0 Å². The molecule has 18 heteroatoms. The van der Waals surface area contributed by atoms with Crippen molar-refractivity contribution in [1.29, 1.82) is 0 Å². The van der Waals surface area contributed by atoms with E-state index in [1.165, 1.54) is 19.4 Å². The Morgan fingerprint density at radius 3 is 2.03 bits per heavy atom. The molecule has 1 fully saturated rings. The van der Waals surface area contributed by atoms with Crippen molar-refractivity contribution in [1.82, 2.24) is 47.2 Å². The van der Waals surface area contributed by atoms with E-state index in [2.05, 4.69) is 47.2 Å². The van der Waals surface area contributed by atoms with Crippen molar-refractivity contribution < 1.29 is 43.5 Å². The first-order valence-corrected chi connectivity index (χ1v) is 19.9. The predicted molar refractivity (Wildman–Crippen MR) is 212 cm³/mol. The summed E-state index contributed by atoms with van der Waals surface area (Å²) in [7, 11) is 0. The third-order valence-corrected chi connectivity index (χ3v) is 9.85. The summed E-state index contributed by atoms with van der Waals surface area (Å²) in [5.74, 6) is -6.11. The minimum Gasteiger partial charge on any atom is -0.481 e. The normalized spacial score (nSPS) is 17.1. The number of rotatable bonds is 22. The van der Waals surface area contributed by atoms with Crippen LogP contribution in [-0.2, 0) is 51.2 Å². The second-order valence-corrected chi connectivity index (χ2v) is 15.2. The van der Waals surface area contributed by atoms with Gasteiger partial charge in [-0.15, -0.1) is 0 Å². The van der Waals surface area contributed by atoms with Crippen LogP contribution in [0.2, 0.25) is 0 Å². The van der Waals surface area contributed by atoms with Gasteiger partial charge in [0.1, 0.15) is 36.3 Å². The Morgan fingerprint density at radius 2 is 1.43 bits per heavy atom. The van der Waals surface area contributed by atoms with E-state index in [1.54, 1.807) is 31.2 Å². The number of carboxylic acids is 1. The maximum Gasteiger partial charge on any atom is 0.303 e. The summed E-state index contributed by atoms with van der Waals surface area (Å²) in [6, 6.07) is 2.16. The molecule has 1 saturated heterocycles. The van der Waals surface area contributed by atoms with Gasteiger partial charge >= 0.3 is 5.97 Å². The van der Waals surface area contributed by atoms with E-state index in [9.17, 15) is 43.5 Å². The maximum absolute atomic E-state index is 14.1. The quantitative estimate of drug-likeness (QED) is 0.0789. The van der Waals surface area contributed by atoms with E-state index in [0.717, 1.165) is 12.0 Å². The van der Waals surface area contributed by atoms with Crippen LogP contribution in [-0.4, -0.2) is 105 Å². The first-order chi connectivity index (χ1) is 27.6. The van der Waals surface area contributed by atoms with Gasteiger partial charge in [0.2, 0.25) is 41.4 Å². The summed E-state index contributed by atoms with van der Waals surface area (Å²) >= 11 is 0. The molecule has 1 aromatic heterocycles. The van der Waals surface area contributed by atoms with Gasteiger partial charge in [0.25, 0.3) is 0 Å². The molecule has 0 saturated carbocycles. The van der Waals surface area contributed by atoms with Gasteiger partial charge in [0.15, 0.2) is 0 Å². The number of hydrogen-bond donors (Lipinski definition) is 9. The SMILES string of the molecule is CC[C@H](C)[C@@H](NC(=O)[C@@H](CCC(=O)O)NC(=O)[C@H](Cc1cnc[nH]1)NC(=O)[C@H](CC(C)C)NC(=O)[C@@H](Cc1ccccc1)NC(C)=O)C(=O)N[C@H]1CCCCNC1=O. The molecule has 2 heterocycles. The number of aromatic nitrogens is 2. The summed E-state index contributed by atoms with van der Waals surface area (Å²) < 4.78 is 0. The Bertz CT molecular complexity index is 1700. The maximum atomic E-state index is 14.1. The van der Waals surface area contributed by atoms with Crippen molar-refractivity contribution >= 4 is 47.3 Å². The summed E-state index contributed by atoms with van der Waals surface area (Å²) in [6.07, 6.45) is 4.51. The van der Waals surface area contributed by atoms with Crippen molar-refractivity contribution in [3.8, 4) is 0 Å². The largest absolute Gasteiger partial charge is 0.481 e. The lowest BCUT2D eigenvalue weighted by atomic mass is 9.96. The molecule has 3 rings (SSSR count). The van der Waals surface area contributed by atoms with Crippen LogP contribution in [0.5, 0.6) is 0 Å². The highest BCUT2D eigenvalue weighted by atomic mass is 16.4. The van der Waals surface area contributed by atoms with Crippen LogP contribution < -0.4 is 37.2 Å². The molecule has 58 heavy (non-hydrogen) atoms. The van der Waals surface area contributed by atoms with Gasteiger partial charge in [-0.2, -0.15) is 0 Å². The number of carbonyl (C=O) groups is 8. The number of carboxylic acid groups (broad SMARTS) is 1. The molecule has 0 radical (unpaired) electrons. The van der Waals surface area contributed by atoms with Gasteiger partial charge < -0.3 is 47.3 Å². The molecule has 0 bridgehead atoms. The van der Waals surface area contributed by atoms with E-state index >= 15 is 0 Å². The van der Waals surface area contributed by atoms with Crippen LogP contribution in [0.1, 0.15) is 90.8 Å². The highest BCUT2D eigenvalue weighted by Gasteiger charge is 2.35. The molecular formula is C40H59N9O9. The molecule has 2 aromatic rings. The van der Waals surface area contributed by atoms with Crippen molar-refractivity contribution in [3.05, 3.63) is 54.1 Å². The topological polar surface area (TPSA) is 270 Å². The zero-order chi connectivity index (χ0) is 42.8. The lowest BCUT2D eigenvalue weighted by molar-refractivity contribution is -0.139. The van der Waals surface area contributed by atoms with Gasteiger partial charge in [-0.1, -0.05) is 64.4 Å². The second kappa shape index (κ2) is 23.4. The van der Waals surface area contributed by atoms with E-state index in [1.807, 2.05) is 26.8 Å². The molecule has 7 atom stereocenters. The first kappa shape index (κ1) is 46.6. The molecule has 9 N–H and O–H groups in total. The van der Waals surface area contributed by atoms with Gasteiger partial charge in [-0.05, 0) is 49.5 Å². The number of aromatic amines is 1. The molecule has 1 aromatic carbocycles. The Labute approximate surface area is 338 Å². The van der Waals surface area contributed by atoms with Gasteiger partial charge in [0, 0.05) is 44.6 Å². The number of amides is 7. The van der Waals surface area contributed by atoms with Crippen LogP contribution in [0, 0.1) is 11.8 Å². The molecule has 1 aliphatic heterocycles. The predicted octanol–water partition coefficient (Wildman–Crippen LogP) is 0.381. The second-order valence-electron chi connectivity index (χ2n) is 15.2. The number of aliphatic carboxylic acids is 1. The molecular weight excluding hydrogens is 750 g/mol. The standard InChI is InChI=1S/C40H59N9O9/c1-6-24(4)34(40(58)46-28-14-10-11-17-42-35(28)53)49-36(54)29(15-16-33(51)52)45-39(57)32(20-27-21-41-22-43-27)48-37(55)30(18-23(2)3)47-38(56)31(44-25(5)50)19-26-12-8-7-9-13-26/h7-9,12-13,21-24,28-32,34H,6,10-11,14-20H2,1-5H3,(H,41,43)(H,42,53)(H,44,50)(H,45,57)(H,46,58)(H,47,56)(H,48,55)(H,49,54)(H,51,52)/t24-,28-,29+,30-,31+,32-,34+/m0/s1. The minimum absolute atomic E-state index is 0.0963. The van der Waals surface area contributed by atoms with Crippen LogP contribution in [0.4, 0.5) is 0 Å². The molecule has 0 unspecified atom stereocenters. The molecule has 0 aliphatic carbocycles. The first-order valence-electron chi connectivity index (χ1n) is 19.9.